The second-order valence-electron chi connectivity index (χ2n) is 5.60. The number of aliphatic hydroxyl groups excluding tert-OH is 1. The lowest BCUT2D eigenvalue weighted by atomic mass is 10.1. The number of rotatable bonds is 3. The lowest BCUT2D eigenvalue weighted by Crippen LogP contribution is -2.18. The number of nitrogens with zero attached hydrogens (tertiary/aromatic N) is 1. The molecule has 0 aliphatic rings. The van der Waals surface area contributed by atoms with Crippen molar-refractivity contribution in [3.63, 3.8) is 0 Å². The smallest absolute Gasteiger partial charge is 0.0702 e. The van der Waals surface area contributed by atoms with E-state index in [-0.39, 0.29) is 12.2 Å². The summed E-state index contributed by atoms with van der Waals surface area (Å²) in [4.78, 5) is 4.42. The number of benzene rings is 1. The van der Waals surface area contributed by atoms with E-state index < -0.39 is 0 Å². The fourth-order valence-corrected chi connectivity index (χ4v) is 1.66. The van der Waals surface area contributed by atoms with E-state index in [4.69, 9.17) is 9.84 Å². The molecule has 3 nitrogen and oxygen atoms in total. The van der Waals surface area contributed by atoms with E-state index in [9.17, 15) is 0 Å². The van der Waals surface area contributed by atoms with Gasteiger partial charge in [-0.05, 0) is 45.4 Å². The van der Waals surface area contributed by atoms with Crippen molar-refractivity contribution in [2.75, 3.05) is 13.2 Å². The van der Waals surface area contributed by atoms with E-state index in [1.807, 2.05) is 36.5 Å². The Labute approximate surface area is 127 Å². The molecular formula is C18H25NO2. The second kappa shape index (κ2) is 8.55. The molecule has 0 bridgehead atoms. The van der Waals surface area contributed by atoms with Gasteiger partial charge in [-0.3, -0.25) is 4.98 Å². The minimum Gasteiger partial charge on any atom is -0.397 e. The molecule has 0 atom stereocenters. The highest BCUT2D eigenvalue weighted by Gasteiger charge is 2.07. The molecule has 114 valence electrons. The first-order valence-corrected chi connectivity index (χ1v) is 7.22. The zero-order valence-corrected chi connectivity index (χ0v) is 13.3. The van der Waals surface area contributed by atoms with Crippen molar-refractivity contribution in [3.05, 3.63) is 48.2 Å². The van der Waals surface area contributed by atoms with Crippen molar-refractivity contribution in [3.8, 4) is 0 Å². The fourth-order valence-electron chi connectivity index (χ4n) is 1.66. The molecule has 0 radical (unpaired) electrons. The van der Waals surface area contributed by atoms with E-state index in [0.717, 1.165) is 16.5 Å². The van der Waals surface area contributed by atoms with Crippen LogP contribution in [0.15, 0.2) is 42.6 Å². The predicted octanol–water partition coefficient (Wildman–Crippen LogP) is 4.06. The van der Waals surface area contributed by atoms with Gasteiger partial charge in [-0.25, -0.2) is 0 Å². The third kappa shape index (κ3) is 7.02. The number of aliphatic hydroxyl groups is 1. The molecule has 2 aromatic rings. The molecule has 1 aromatic carbocycles. The zero-order chi connectivity index (χ0) is 15.7. The molecule has 2 rings (SSSR count). The van der Waals surface area contributed by atoms with Gasteiger partial charge in [-0.15, -0.1) is 0 Å². The third-order valence-corrected chi connectivity index (χ3v) is 2.53. The predicted molar refractivity (Wildman–Crippen MR) is 89.2 cm³/mol. The number of ether oxygens (including phenoxy) is 1. The molecule has 3 heteroatoms. The molecule has 0 fully saturated rings. The van der Waals surface area contributed by atoms with Gasteiger partial charge in [0, 0.05) is 18.2 Å². The van der Waals surface area contributed by atoms with Crippen molar-refractivity contribution in [1.29, 1.82) is 0 Å². The minimum absolute atomic E-state index is 0.0913. The SMILES string of the molecule is CC(C)(C)OC/C=C/c1cnc2ccccc2c1.CCO. The van der Waals surface area contributed by atoms with Gasteiger partial charge in [-0.1, -0.05) is 30.4 Å². The Morgan fingerprint density at radius 3 is 2.57 bits per heavy atom. The van der Waals surface area contributed by atoms with Crippen LogP contribution in [0.2, 0.25) is 0 Å². The molecule has 0 aliphatic heterocycles. The summed E-state index contributed by atoms with van der Waals surface area (Å²) in [5.74, 6) is 0. The Balaban J connectivity index is 0.000000677. The van der Waals surface area contributed by atoms with Crippen LogP contribution in [-0.2, 0) is 4.74 Å². The maximum Gasteiger partial charge on any atom is 0.0702 e. The number of aromatic nitrogens is 1. The fraction of sp³-hybridized carbons (Fsp3) is 0.389. The first-order valence-electron chi connectivity index (χ1n) is 7.22. The van der Waals surface area contributed by atoms with Gasteiger partial charge < -0.3 is 9.84 Å². The summed E-state index contributed by atoms with van der Waals surface area (Å²) in [6.45, 7) is 8.71. The lowest BCUT2D eigenvalue weighted by Gasteiger charge is -2.17. The van der Waals surface area contributed by atoms with Crippen molar-refractivity contribution in [2.45, 2.75) is 33.3 Å². The summed E-state index contributed by atoms with van der Waals surface area (Å²) in [6, 6.07) is 10.3. The normalized spacial score (nSPS) is 11.5. The number of para-hydroxylation sites is 1. The maximum absolute atomic E-state index is 7.57. The molecule has 0 aliphatic carbocycles. The van der Waals surface area contributed by atoms with E-state index in [2.05, 4.69) is 37.9 Å². The molecule has 0 saturated heterocycles. The molecule has 0 spiro atoms. The Bertz CT molecular complexity index is 571. The molecule has 0 saturated carbocycles. The summed E-state index contributed by atoms with van der Waals surface area (Å²) in [7, 11) is 0. The van der Waals surface area contributed by atoms with Crippen LogP contribution in [0.1, 0.15) is 33.3 Å². The molecule has 1 heterocycles. The van der Waals surface area contributed by atoms with Crippen LogP contribution in [0.3, 0.4) is 0 Å². The van der Waals surface area contributed by atoms with E-state index in [1.54, 1.807) is 6.92 Å². The summed E-state index contributed by atoms with van der Waals surface area (Å²) >= 11 is 0. The van der Waals surface area contributed by atoms with Crippen LogP contribution < -0.4 is 0 Å². The Hall–Kier alpha value is -1.71. The second-order valence-corrected chi connectivity index (χ2v) is 5.60. The molecule has 0 amide bonds. The lowest BCUT2D eigenvalue weighted by molar-refractivity contribution is 0.0152. The van der Waals surface area contributed by atoms with Crippen LogP contribution in [0, 0.1) is 0 Å². The summed E-state index contributed by atoms with van der Waals surface area (Å²) < 4.78 is 5.63. The standard InChI is InChI=1S/C16H19NO.C2H6O/c1-16(2,3)18-10-6-7-13-11-14-8-4-5-9-15(14)17-12-13;1-2-3/h4-9,11-12H,10H2,1-3H3;3H,2H2,1H3/b7-6+;. The first-order chi connectivity index (χ1) is 9.96. The highest BCUT2D eigenvalue weighted by atomic mass is 16.5. The number of fused-ring (bicyclic) bond motifs is 1. The van der Waals surface area contributed by atoms with Gasteiger partial charge in [0.1, 0.15) is 0 Å². The molecular weight excluding hydrogens is 262 g/mol. The highest BCUT2D eigenvalue weighted by molar-refractivity contribution is 5.80. The maximum atomic E-state index is 7.57. The Morgan fingerprint density at radius 1 is 1.24 bits per heavy atom. The minimum atomic E-state index is -0.0913. The Morgan fingerprint density at radius 2 is 1.90 bits per heavy atom. The summed E-state index contributed by atoms with van der Waals surface area (Å²) in [5.41, 5.74) is 2.04. The third-order valence-electron chi connectivity index (χ3n) is 2.53. The van der Waals surface area contributed by atoms with Crippen LogP contribution in [0.4, 0.5) is 0 Å². The molecule has 21 heavy (non-hydrogen) atoms. The van der Waals surface area contributed by atoms with Gasteiger partial charge >= 0.3 is 0 Å². The monoisotopic (exact) mass is 287 g/mol. The quantitative estimate of drug-likeness (QED) is 0.925. The van der Waals surface area contributed by atoms with E-state index in [1.165, 1.54) is 0 Å². The molecule has 0 unspecified atom stereocenters. The topological polar surface area (TPSA) is 42.4 Å². The number of hydrogen-bond acceptors (Lipinski definition) is 3. The van der Waals surface area contributed by atoms with Gasteiger partial charge in [0.2, 0.25) is 0 Å². The average molecular weight is 287 g/mol. The van der Waals surface area contributed by atoms with Crippen LogP contribution in [0.25, 0.3) is 17.0 Å². The number of pyridine rings is 1. The molecule has 1 aromatic heterocycles. The largest absolute Gasteiger partial charge is 0.397 e. The van der Waals surface area contributed by atoms with Crippen molar-refractivity contribution in [2.24, 2.45) is 0 Å². The number of hydrogen-bond donors (Lipinski definition) is 1. The van der Waals surface area contributed by atoms with E-state index in [0.29, 0.717) is 6.61 Å². The Kier molecular flexibility index (Phi) is 7.06. The summed E-state index contributed by atoms with van der Waals surface area (Å²) in [5, 5.41) is 8.73. The zero-order valence-electron chi connectivity index (χ0n) is 13.3. The van der Waals surface area contributed by atoms with Gasteiger partial charge in [0.15, 0.2) is 0 Å². The summed E-state index contributed by atoms with van der Waals surface area (Å²) in [6.07, 6.45) is 5.96. The van der Waals surface area contributed by atoms with Crippen molar-refractivity contribution >= 4 is 17.0 Å². The van der Waals surface area contributed by atoms with Gasteiger partial charge in [-0.2, -0.15) is 0 Å². The average Bonchev–Trinajstić information content (AvgIpc) is 2.43. The first kappa shape index (κ1) is 17.3. The van der Waals surface area contributed by atoms with Crippen LogP contribution in [-0.4, -0.2) is 28.9 Å². The van der Waals surface area contributed by atoms with Crippen molar-refractivity contribution < 1.29 is 9.84 Å². The van der Waals surface area contributed by atoms with Gasteiger partial charge in [0.25, 0.3) is 0 Å². The van der Waals surface area contributed by atoms with Crippen LogP contribution in [0.5, 0.6) is 0 Å². The van der Waals surface area contributed by atoms with Crippen LogP contribution >= 0.6 is 0 Å². The molecule has 1 N–H and O–H groups in total. The van der Waals surface area contributed by atoms with Gasteiger partial charge in [0.05, 0.1) is 17.7 Å². The van der Waals surface area contributed by atoms with E-state index >= 15 is 0 Å². The highest BCUT2D eigenvalue weighted by Crippen LogP contribution is 2.13. The van der Waals surface area contributed by atoms with Crippen molar-refractivity contribution in [1.82, 2.24) is 4.98 Å².